The van der Waals surface area contributed by atoms with Crippen molar-refractivity contribution >= 4 is 18.0 Å². The van der Waals surface area contributed by atoms with Gasteiger partial charge in [0.15, 0.2) is 0 Å². The highest BCUT2D eigenvalue weighted by Gasteiger charge is 2.36. The molecular weight excluding hydrogens is 444 g/mol. The molecule has 0 spiro atoms. The van der Waals surface area contributed by atoms with Crippen LogP contribution in [-0.2, 0) is 14.3 Å². The Balaban J connectivity index is 1.24. The number of nitrogens with one attached hydrogen (secondary N) is 1. The number of hydrogen-bond donors (Lipinski definition) is 2. The number of hydrogen-bond acceptors (Lipinski definition) is 4. The Hall–Kier alpha value is -3.35. The van der Waals surface area contributed by atoms with Gasteiger partial charge in [0.2, 0.25) is 5.91 Å². The quantitative estimate of drug-likeness (QED) is 0.501. The first-order valence-electron chi connectivity index (χ1n) is 12.6. The van der Waals surface area contributed by atoms with E-state index in [0.717, 1.165) is 47.9 Å². The maximum atomic E-state index is 13.4. The van der Waals surface area contributed by atoms with Crippen LogP contribution < -0.4 is 5.32 Å². The Bertz CT molecular complexity index is 1060. The normalized spacial score (nSPS) is 17.3. The van der Waals surface area contributed by atoms with E-state index < -0.39 is 18.1 Å². The molecule has 1 unspecified atom stereocenters. The highest BCUT2D eigenvalue weighted by Crippen LogP contribution is 2.44. The van der Waals surface area contributed by atoms with E-state index in [9.17, 15) is 14.4 Å². The van der Waals surface area contributed by atoms with Gasteiger partial charge in [0, 0.05) is 19.0 Å². The lowest BCUT2D eigenvalue weighted by atomic mass is 9.98. The number of carboxylic acids is 1. The molecule has 2 amide bonds. The Labute approximate surface area is 205 Å². The number of rotatable bonds is 11. The minimum atomic E-state index is -0.929. The zero-order valence-corrected chi connectivity index (χ0v) is 19.8. The summed E-state index contributed by atoms with van der Waals surface area (Å²) < 4.78 is 5.68. The summed E-state index contributed by atoms with van der Waals surface area (Å²) in [5.41, 5.74) is 4.59. The van der Waals surface area contributed by atoms with Crippen LogP contribution in [0.5, 0.6) is 0 Å². The van der Waals surface area contributed by atoms with Gasteiger partial charge in [0.25, 0.3) is 0 Å². The molecule has 2 saturated carbocycles. The monoisotopic (exact) mass is 476 g/mol. The number of amides is 2. The lowest BCUT2D eigenvalue weighted by Crippen LogP contribution is -2.50. The molecule has 5 rings (SSSR count). The molecule has 1 atom stereocenters. The molecule has 2 aromatic rings. The van der Waals surface area contributed by atoms with Crippen LogP contribution in [0.15, 0.2) is 48.5 Å². The molecule has 0 radical (unpaired) electrons. The smallest absolute Gasteiger partial charge is 0.407 e. The molecule has 3 aliphatic carbocycles. The van der Waals surface area contributed by atoms with Gasteiger partial charge in [-0.25, -0.2) is 4.79 Å². The molecule has 184 valence electrons. The van der Waals surface area contributed by atoms with Gasteiger partial charge in [0.1, 0.15) is 12.6 Å². The predicted octanol–water partition coefficient (Wildman–Crippen LogP) is 4.41. The van der Waals surface area contributed by atoms with Crippen LogP contribution in [0.3, 0.4) is 0 Å². The van der Waals surface area contributed by atoms with Gasteiger partial charge in [-0.3, -0.25) is 9.59 Å². The topological polar surface area (TPSA) is 95.9 Å². The largest absolute Gasteiger partial charge is 0.481 e. The van der Waals surface area contributed by atoms with Crippen LogP contribution in [0.4, 0.5) is 4.79 Å². The van der Waals surface area contributed by atoms with Crippen LogP contribution in [-0.4, -0.2) is 53.7 Å². The summed E-state index contributed by atoms with van der Waals surface area (Å²) in [4.78, 5) is 39.0. The summed E-state index contributed by atoms with van der Waals surface area (Å²) in [7, 11) is 0. The molecule has 2 N–H and O–H groups in total. The number of carbonyl (C=O) groups is 3. The van der Waals surface area contributed by atoms with Gasteiger partial charge in [-0.05, 0) is 53.4 Å². The first-order chi connectivity index (χ1) is 17.0. The highest BCUT2D eigenvalue weighted by atomic mass is 16.5. The van der Waals surface area contributed by atoms with E-state index in [-0.39, 0.29) is 31.4 Å². The Morgan fingerprint density at radius 2 is 1.54 bits per heavy atom. The molecule has 7 nitrogen and oxygen atoms in total. The molecule has 0 saturated heterocycles. The molecule has 0 bridgehead atoms. The van der Waals surface area contributed by atoms with Crippen molar-refractivity contribution in [2.75, 3.05) is 19.7 Å². The maximum Gasteiger partial charge on any atom is 0.407 e. The van der Waals surface area contributed by atoms with Crippen molar-refractivity contribution in [1.82, 2.24) is 10.2 Å². The number of alkyl carbamates (subject to hydrolysis) is 1. The Morgan fingerprint density at radius 3 is 2.11 bits per heavy atom. The zero-order valence-electron chi connectivity index (χ0n) is 19.8. The number of benzene rings is 2. The lowest BCUT2D eigenvalue weighted by Gasteiger charge is -2.28. The number of fused-ring (bicyclic) bond motifs is 3. The van der Waals surface area contributed by atoms with Crippen LogP contribution in [0, 0.1) is 11.8 Å². The molecule has 0 heterocycles. The fraction of sp³-hybridized carbons (Fsp3) is 0.464. The molecule has 7 heteroatoms. The molecule has 0 aromatic heterocycles. The van der Waals surface area contributed by atoms with Crippen molar-refractivity contribution in [2.24, 2.45) is 11.8 Å². The molecule has 2 aromatic carbocycles. The summed E-state index contributed by atoms with van der Waals surface area (Å²) in [6.07, 6.45) is 4.09. The Kier molecular flexibility index (Phi) is 6.75. The average Bonchev–Trinajstić information content (AvgIpc) is 3.79. The van der Waals surface area contributed by atoms with Crippen molar-refractivity contribution in [1.29, 1.82) is 0 Å². The molecule has 2 fully saturated rings. The minimum absolute atomic E-state index is 0.0485. The summed E-state index contributed by atoms with van der Waals surface area (Å²) in [6.45, 7) is 0.910. The number of nitrogens with zero attached hydrogens (tertiary/aromatic N) is 1. The van der Waals surface area contributed by atoms with E-state index in [2.05, 4.69) is 29.6 Å². The second kappa shape index (κ2) is 10.1. The molecule has 0 aliphatic heterocycles. The molecule has 35 heavy (non-hydrogen) atoms. The lowest BCUT2D eigenvalue weighted by molar-refractivity contribution is -0.139. The van der Waals surface area contributed by atoms with Crippen molar-refractivity contribution < 1.29 is 24.2 Å². The van der Waals surface area contributed by atoms with E-state index in [4.69, 9.17) is 9.84 Å². The van der Waals surface area contributed by atoms with Crippen LogP contribution in [0.25, 0.3) is 11.1 Å². The SMILES string of the molecule is O=C(O)CCN(CC1CC1)C(=O)C(CC1CC1)NC(=O)OCC1c2ccccc2-c2ccccc21. The first-order valence-corrected chi connectivity index (χ1v) is 12.6. The number of aliphatic carboxylic acids is 1. The number of ether oxygens (including phenoxy) is 1. The van der Waals surface area contributed by atoms with Crippen LogP contribution >= 0.6 is 0 Å². The molecular formula is C28H32N2O5. The van der Waals surface area contributed by atoms with Gasteiger partial charge in [0.05, 0.1) is 6.42 Å². The predicted molar refractivity (Wildman–Crippen MR) is 131 cm³/mol. The van der Waals surface area contributed by atoms with Gasteiger partial charge in [-0.2, -0.15) is 0 Å². The van der Waals surface area contributed by atoms with Crippen molar-refractivity contribution in [3.05, 3.63) is 59.7 Å². The third-order valence-corrected chi connectivity index (χ3v) is 7.28. The van der Waals surface area contributed by atoms with Gasteiger partial charge in [-0.15, -0.1) is 0 Å². The van der Waals surface area contributed by atoms with E-state index in [1.807, 2.05) is 24.3 Å². The van der Waals surface area contributed by atoms with E-state index in [1.54, 1.807) is 4.90 Å². The maximum absolute atomic E-state index is 13.4. The minimum Gasteiger partial charge on any atom is -0.481 e. The van der Waals surface area contributed by atoms with Crippen molar-refractivity contribution in [3.63, 3.8) is 0 Å². The van der Waals surface area contributed by atoms with Gasteiger partial charge < -0.3 is 20.1 Å². The van der Waals surface area contributed by atoms with Crippen molar-refractivity contribution in [3.8, 4) is 11.1 Å². The van der Waals surface area contributed by atoms with Gasteiger partial charge in [-0.1, -0.05) is 61.4 Å². The van der Waals surface area contributed by atoms with Crippen LogP contribution in [0.2, 0.25) is 0 Å². The van der Waals surface area contributed by atoms with Crippen LogP contribution in [0.1, 0.15) is 55.6 Å². The van der Waals surface area contributed by atoms with E-state index in [0.29, 0.717) is 24.8 Å². The standard InChI is InChI=1S/C28H32N2O5/c31-26(32)13-14-30(16-19-11-12-19)27(33)25(15-18-9-10-18)29-28(34)35-17-24-22-7-3-1-5-20(22)21-6-2-4-8-23(21)24/h1-8,18-19,24-25H,9-17H2,(H,29,34)(H,31,32). The van der Waals surface area contributed by atoms with Gasteiger partial charge >= 0.3 is 12.1 Å². The summed E-state index contributed by atoms with van der Waals surface area (Å²) >= 11 is 0. The van der Waals surface area contributed by atoms with Crippen molar-refractivity contribution in [2.45, 2.75) is 50.5 Å². The fourth-order valence-corrected chi connectivity index (χ4v) is 5.05. The fourth-order valence-electron chi connectivity index (χ4n) is 5.05. The number of carbonyl (C=O) groups excluding carboxylic acids is 2. The third-order valence-electron chi connectivity index (χ3n) is 7.28. The summed E-state index contributed by atoms with van der Waals surface area (Å²) in [5.74, 6) is -0.322. The van der Waals surface area contributed by atoms with E-state index in [1.165, 1.54) is 0 Å². The average molecular weight is 477 g/mol. The highest BCUT2D eigenvalue weighted by molar-refractivity contribution is 5.86. The number of carboxylic acid groups (broad SMARTS) is 1. The second-order valence-electron chi connectivity index (χ2n) is 10.1. The van der Waals surface area contributed by atoms with E-state index >= 15 is 0 Å². The first kappa shape index (κ1) is 23.4. The summed E-state index contributed by atoms with van der Waals surface area (Å²) in [5, 5.41) is 11.9. The Morgan fingerprint density at radius 1 is 0.943 bits per heavy atom. The zero-order chi connectivity index (χ0) is 24.4. The second-order valence-corrected chi connectivity index (χ2v) is 10.1. The third kappa shape index (κ3) is 5.66. The summed E-state index contributed by atoms with van der Waals surface area (Å²) in [6, 6.07) is 15.6. The molecule has 3 aliphatic rings.